The van der Waals surface area contributed by atoms with Crippen LogP contribution in [-0.2, 0) is 0 Å². The first-order valence-corrected chi connectivity index (χ1v) is 7.59. The van der Waals surface area contributed by atoms with Crippen molar-refractivity contribution in [2.24, 2.45) is 0 Å². The summed E-state index contributed by atoms with van der Waals surface area (Å²) >= 11 is 3.51. The fourth-order valence-electron chi connectivity index (χ4n) is 2.66. The number of aryl methyl sites for hydroxylation is 1. The summed E-state index contributed by atoms with van der Waals surface area (Å²) < 4.78 is 1.13. The minimum atomic E-state index is 0.612. The summed E-state index contributed by atoms with van der Waals surface area (Å²) in [5.74, 6) is 0.727. The molecule has 0 bridgehead atoms. The third-order valence-electron chi connectivity index (χ3n) is 3.88. The number of benzene rings is 2. The molecule has 0 aromatic heterocycles. The monoisotopic (exact) mass is 315 g/mol. The lowest BCUT2D eigenvalue weighted by atomic mass is 9.75. The second kappa shape index (κ2) is 5.38. The van der Waals surface area contributed by atoms with E-state index >= 15 is 0 Å². The molecule has 0 aliphatic heterocycles. The van der Waals surface area contributed by atoms with Crippen molar-refractivity contribution in [3.8, 4) is 0 Å². The van der Waals surface area contributed by atoms with Crippen LogP contribution in [0.25, 0.3) is 0 Å². The SMILES string of the molecule is Cc1ccc(C2CC(Nc3cccc(Br)c3)C2)cc1. The third-order valence-corrected chi connectivity index (χ3v) is 4.38. The number of nitrogens with one attached hydrogen (secondary N) is 1. The Morgan fingerprint density at radius 2 is 1.79 bits per heavy atom. The van der Waals surface area contributed by atoms with E-state index in [1.807, 2.05) is 0 Å². The van der Waals surface area contributed by atoms with Gasteiger partial charge in [0.25, 0.3) is 0 Å². The van der Waals surface area contributed by atoms with Crippen LogP contribution in [0.2, 0.25) is 0 Å². The van der Waals surface area contributed by atoms with Gasteiger partial charge in [-0.1, -0.05) is 51.8 Å². The summed E-state index contributed by atoms with van der Waals surface area (Å²) in [7, 11) is 0. The van der Waals surface area contributed by atoms with Gasteiger partial charge in [0.2, 0.25) is 0 Å². The summed E-state index contributed by atoms with van der Waals surface area (Å²) in [5, 5.41) is 3.60. The van der Waals surface area contributed by atoms with Crippen LogP contribution in [0.15, 0.2) is 53.0 Å². The molecule has 2 aromatic carbocycles. The quantitative estimate of drug-likeness (QED) is 0.829. The first kappa shape index (κ1) is 12.7. The Labute approximate surface area is 123 Å². The van der Waals surface area contributed by atoms with Gasteiger partial charge in [0.1, 0.15) is 0 Å². The first-order chi connectivity index (χ1) is 9.20. The molecule has 1 N–H and O–H groups in total. The highest BCUT2D eigenvalue weighted by atomic mass is 79.9. The summed E-state index contributed by atoms with van der Waals surface area (Å²) in [4.78, 5) is 0. The zero-order valence-corrected chi connectivity index (χ0v) is 12.7. The Hall–Kier alpha value is -1.28. The van der Waals surface area contributed by atoms with Crippen molar-refractivity contribution >= 4 is 21.6 Å². The Balaban J connectivity index is 1.57. The van der Waals surface area contributed by atoms with Gasteiger partial charge in [-0.3, -0.25) is 0 Å². The maximum absolute atomic E-state index is 3.60. The Bertz CT molecular complexity index is 556. The van der Waals surface area contributed by atoms with Crippen LogP contribution < -0.4 is 5.32 Å². The van der Waals surface area contributed by atoms with E-state index < -0.39 is 0 Å². The van der Waals surface area contributed by atoms with Crippen molar-refractivity contribution in [3.63, 3.8) is 0 Å². The molecule has 0 spiro atoms. The van der Waals surface area contributed by atoms with Crippen LogP contribution in [0.5, 0.6) is 0 Å². The fourth-order valence-corrected chi connectivity index (χ4v) is 3.06. The van der Waals surface area contributed by atoms with E-state index in [1.165, 1.54) is 29.7 Å². The van der Waals surface area contributed by atoms with E-state index in [-0.39, 0.29) is 0 Å². The predicted molar refractivity (Wildman–Crippen MR) is 84.7 cm³/mol. The molecule has 0 atom stereocenters. The second-order valence-electron chi connectivity index (χ2n) is 5.43. The molecule has 19 heavy (non-hydrogen) atoms. The summed E-state index contributed by atoms with van der Waals surface area (Å²) in [6, 6.07) is 18.0. The van der Waals surface area contributed by atoms with Gasteiger partial charge in [-0.2, -0.15) is 0 Å². The van der Waals surface area contributed by atoms with E-state index in [0.29, 0.717) is 6.04 Å². The highest BCUT2D eigenvalue weighted by molar-refractivity contribution is 9.10. The topological polar surface area (TPSA) is 12.0 Å². The first-order valence-electron chi connectivity index (χ1n) is 6.79. The third kappa shape index (κ3) is 3.01. The van der Waals surface area contributed by atoms with Gasteiger partial charge in [0.05, 0.1) is 0 Å². The number of hydrogen-bond acceptors (Lipinski definition) is 1. The number of halogens is 1. The number of rotatable bonds is 3. The summed E-state index contributed by atoms with van der Waals surface area (Å²) in [5.41, 5.74) is 4.03. The minimum Gasteiger partial charge on any atom is -0.382 e. The molecule has 0 heterocycles. The van der Waals surface area contributed by atoms with Gasteiger partial charge in [-0.25, -0.2) is 0 Å². The molecule has 1 aliphatic carbocycles. The molecule has 1 aliphatic rings. The van der Waals surface area contributed by atoms with Crippen molar-refractivity contribution in [1.29, 1.82) is 0 Å². The Kier molecular flexibility index (Phi) is 3.61. The molecule has 98 valence electrons. The smallest absolute Gasteiger partial charge is 0.0353 e. The molecule has 2 aromatic rings. The van der Waals surface area contributed by atoms with Crippen molar-refractivity contribution in [2.75, 3.05) is 5.32 Å². The summed E-state index contributed by atoms with van der Waals surface area (Å²) in [6.07, 6.45) is 2.46. The Morgan fingerprint density at radius 3 is 2.47 bits per heavy atom. The van der Waals surface area contributed by atoms with Gasteiger partial charge < -0.3 is 5.32 Å². The molecule has 0 saturated heterocycles. The normalized spacial score (nSPS) is 21.8. The second-order valence-corrected chi connectivity index (χ2v) is 6.35. The van der Waals surface area contributed by atoms with Gasteiger partial charge in [0, 0.05) is 16.2 Å². The van der Waals surface area contributed by atoms with E-state index in [9.17, 15) is 0 Å². The van der Waals surface area contributed by atoms with Crippen LogP contribution in [0.1, 0.15) is 29.9 Å². The highest BCUT2D eigenvalue weighted by Gasteiger charge is 2.29. The van der Waals surface area contributed by atoms with Crippen LogP contribution in [-0.4, -0.2) is 6.04 Å². The standard InChI is InChI=1S/C17H18BrN/c1-12-5-7-13(8-6-12)14-9-17(10-14)19-16-4-2-3-15(18)11-16/h2-8,11,14,17,19H,9-10H2,1H3. The van der Waals surface area contributed by atoms with Crippen molar-refractivity contribution in [3.05, 3.63) is 64.1 Å². The summed E-state index contributed by atoms with van der Waals surface area (Å²) in [6.45, 7) is 2.14. The number of anilines is 1. The average Bonchev–Trinajstić information content (AvgIpc) is 2.35. The lowest BCUT2D eigenvalue weighted by molar-refractivity contribution is 0.374. The highest BCUT2D eigenvalue weighted by Crippen LogP contribution is 2.38. The molecule has 0 unspecified atom stereocenters. The maximum atomic E-state index is 3.60. The predicted octanol–water partition coefficient (Wildman–Crippen LogP) is 5.12. The van der Waals surface area contributed by atoms with Crippen molar-refractivity contribution in [2.45, 2.75) is 31.7 Å². The van der Waals surface area contributed by atoms with Crippen molar-refractivity contribution in [1.82, 2.24) is 0 Å². The van der Waals surface area contributed by atoms with Crippen molar-refractivity contribution < 1.29 is 0 Å². The molecule has 1 nitrogen and oxygen atoms in total. The molecule has 1 saturated carbocycles. The lowest BCUT2D eigenvalue weighted by Crippen LogP contribution is -2.33. The van der Waals surface area contributed by atoms with Gasteiger partial charge in [-0.05, 0) is 49.4 Å². The molecule has 1 fully saturated rings. The van der Waals surface area contributed by atoms with Gasteiger partial charge in [-0.15, -0.1) is 0 Å². The van der Waals surface area contributed by atoms with Gasteiger partial charge >= 0.3 is 0 Å². The zero-order valence-electron chi connectivity index (χ0n) is 11.1. The van der Waals surface area contributed by atoms with E-state index in [2.05, 4.69) is 76.7 Å². The van der Waals surface area contributed by atoms with Crippen LogP contribution in [0.4, 0.5) is 5.69 Å². The van der Waals surface area contributed by atoms with E-state index in [4.69, 9.17) is 0 Å². The minimum absolute atomic E-state index is 0.612. The molecule has 2 heteroatoms. The molecule has 0 amide bonds. The number of hydrogen-bond donors (Lipinski definition) is 1. The van der Waals surface area contributed by atoms with Crippen LogP contribution in [0, 0.1) is 6.92 Å². The van der Waals surface area contributed by atoms with Crippen LogP contribution >= 0.6 is 15.9 Å². The zero-order chi connectivity index (χ0) is 13.2. The lowest BCUT2D eigenvalue weighted by Gasteiger charge is -2.37. The maximum Gasteiger partial charge on any atom is 0.0353 e. The largest absolute Gasteiger partial charge is 0.382 e. The molecular formula is C17H18BrN. The van der Waals surface area contributed by atoms with Gasteiger partial charge in [0.15, 0.2) is 0 Å². The Morgan fingerprint density at radius 1 is 1.05 bits per heavy atom. The average molecular weight is 316 g/mol. The fraction of sp³-hybridized carbons (Fsp3) is 0.294. The van der Waals surface area contributed by atoms with Crippen LogP contribution in [0.3, 0.4) is 0 Å². The molecule has 3 rings (SSSR count). The van der Waals surface area contributed by atoms with E-state index in [1.54, 1.807) is 0 Å². The molecule has 0 radical (unpaired) electrons. The molecular weight excluding hydrogens is 298 g/mol. The van der Waals surface area contributed by atoms with E-state index in [0.717, 1.165) is 10.4 Å².